The number of methoxy groups -OCH3 is 1. The van der Waals surface area contributed by atoms with Crippen LogP contribution >= 0.6 is 11.8 Å². The molecule has 0 radical (unpaired) electrons. The Morgan fingerprint density at radius 2 is 2.00 bits per heavy atom. The Kier molecular flexibility index (Phi) is 4.77. The summed E-state index contributed by atoms with van der Waals surface area (Å²) in [5.74, 6) is 1.32. The van der Waals surface area contributed by atoms with Gasteiger partial charge >= 0.3 is 6.01 Å². The zero-order chi connectivity index (χ0) is 16.1. The highest BCUT2D eigenvalue weighted by atomic mass is 32.2. The van der Waals surface area contributed by atoms with Crippen LogP contribution in [0.25, 0.3) is 11.5 Å². The van der Waals surface area contributed by atoms with Crippen molar-refractivity contribution in [3.63, 3.8) is 0 Å². The lowest BCUT2D eigenvalue weighted by Gasteiger charge is -2.08. The first-order chi connectivity index (χ1) is 11.3. The molecule has 0 unspecified atom stereocenters. The van der Waals surface area contributed by atoms with E-state index >= 15 is 0 Å². The van der Waals surface area contributed by atoms with Crippen molar-refractivity contribution < 1.29 is 9.15 Å². The number of rotatable bonds is 6. The topological polar surface area (TPSA) is 73.1 Å². The van der Waals surface area contributed by atoms with Crippen molar-refractivity contribution in [3.05, 3.63) is 48.3 Å². The summed E-state index contributed by atoms with van der Waals surface area (Å²) >= 11 is 1.65. The monoisotopic (exact) mass is 328 g/mol. The number of ether oxygens (including phenoxy) is 1. The second kappa shape index (κ2) is 7.15. The van der Waals surface area contributed by atoms with Crippen molar-refractivity contribution in [1.82, 2.24) is 15.2 Å². The van der Waals surface area contributed by atoms with Gasteiger partial charge in [-0.2, -0.15) is 0 Å². The highest BCUT2D eigenvalue weighted by Gasteiger charge is 2.09. The third kappa shape index (κ3) is 3.62. The summed E-state index contributed by atoms with van der Waals surface area (Å²) in [7, 11) is 1.67. The molecule has 23 heavy (non-hydrogen) atoms. The number of anilines is 1. The molecule has 0 aliphatic carbocycles. The van der Waals surface area contributed by atoms with E-state index in [1.807, 2.05) is 36.6 Å². The first-order valence-corrected chi connectivity index (χ1v) is 8.21. The zero-order valence-corrected chi connectivity index (χ0v) is 13.6. The summed E-state index contributed by atoms with van der Waals surface area (Å²) in [6.07, 6.45) is 5.40. The molecule has 118 valence electrons. The Morgan fingerprint density at radius 3 is 2.74 bits per heavy atom. The number of pyridine rings is 1. The Bertz CT molecular complexity index is 777. The van der Waals surface area contributed by atoms with Crippen LogP contribution in [0.2, 0.25) is 0 Å². The standard InChI is InChI=1S/C16H16N4O2S/c1-21-13-9-11(3-4-14(13)23-2)10-18-16-20-19-15(22-16)12-5-7-17-8-6-12/h3-9H,10H2,1-2H3,(H,18,20). The number of benzene rings is 1. The lowest BCUT2D eigenvalue weighted by Crippen LogP contribution is -2.00. The van der Waals surface area contributed by atoms with Crippen LogP contribution in [-0.2, 0) is 6.54 Å². The number of aromatic nitrogens is 3. The van der Waals surface area contributed by atoms with Crippen LogP contribution < -0.4 is 10.1 Å². The van der Waals surface area contributed by atoms with Gasteiger partial charge in [0.1, 0.15) is 5.75 Å². The molecule has 1 aromatic carbocycles. The molecule has 0 aliphatic heterocycles. The molecule has 3 aromatic rings. The average Bonchev–Trinajstić information content (AvgIpc) is 3.09. The summed E-state index contributed by atoms with van der Waals surface area (Å²) in [6.45, 7) is 0.572. The van der Waals surface area contributed by atoms with Gasteiger partial charge in [0.2, 0.25) is 5.89 Å². The van der Waals surface area contributed by atoms with Crippen LogP contribution in [0.4, 0.5) is 6.01 Å². The van der Waals surface area contributed by atoms with E-state index in [4.69, 9.17) is 9.15 Å². The van der Waals surface area contributed by atoms with Crippen molar-refractivity contribution >= 4 is 17.8 Å². The first kappa shape index (κ1) is 15.4. The van der Waals surface area contributed by atoms with Gasteiger partial charge in [0.15, 0.2) is 0 Å². The van der Waals surface area contributed by atoms with Crippen LogP contribution in [0, 0.1) is 0 Å². The SMILES string of the molecule is COc1cc(CNc2nnc(-c3ccncc3)o2)ccc1SC. The lowest BCUT2D eigenvalue weighted by atomic mass is 10.2. The van der Waals surface area contributed by atoms with Gasteiger partial charge in [0.25, 0.3) is 0 Å². The number of nitrogens with zero attached hydrogens (tertiary/aromatic N) is 3. The van der Waals surface area contributed by atoms with Crippen LogP contribution in [0.15, 0.2) is 52.0 Å². The Balaban J connectivity index is 1.68. The highest BCUT2D eigenvalue weighted by molar-refractivity contribution is 7.98. The minimum atomic E-state index is 0.379. The predicted octanol–water partition coefficient (Wildman–Crippen LogP) is 3.47. The number of hydrogen-bond donors (Lipinski definition) is 1. The van der Waals surface area contributed by atoms with E-state index in [1.54, 1.807) is 31.3 Å². The molecule has 0 atom stereocenters. The van der Waals surface area contributed by atoms with Gasteiger partial charge < -0.3 is 14.5 Å². The maximum Gasteiger partial charge on any atom is 0.316 e. The zero-order valence-electron chi connectivity index (χ0n) is 12.8. The quantitative estimate of drug-likeness (QED) is 0.694. The molecule has 0 fully saturated rings. The maximum atomic E-state index is 5.60. The van der Waals surface area contributed by atoms with E-state index in [0.29, 0.717) is 18.5 Å². The summed E-state index contributed by atoms with van der Waals surface area (Å²) in [6, 6.07) is 10.1. The number of thioether (sulfide) groups is 1. The van der Waals surface area contributed by atoms with Crippen LogP contribution in [0.1, 0.15) is 5.56 Å². The van der Waals surface area contributed by atoms with Gasteiger partial charge in [0, 0.05) is 29.4 Å². The Labute approximate surface area is 138 Å². The van der Waals surface area contributed by atoms with Crippen molar-refractivity contribution in [1.29, 1.82) is 0 Å². The molecule has 7 heteroatoms. The number of hydrogen-bond acceptors (Lipinski definition) is 7. The molecular weight excluding hydrogens is 312 g/mol. The Morgan fingerprint density at radius 1 is 1.17 bits per heavy atom. The fraction of sp³-hybridized carbons (Fsp3) is 0.188. The second-order valence-corrected chi connectivity index (χ2v) is 5.54. The molecule has 0 aliphatic rings. The van der Waals surface area contributed by atoms with E-state index < -0.39 is 0 Å². The lowest BCUT2D eigenvalue weighted by molar-refractivity contribution is 0.404. The molecule has 2 aromatic heterocycles. The fourth-order valence-electron chi connectivity index (χ4n) is 2.07. The second-order valence-electron chi connectivity index (χ2n) is 4.69. The van der Waals surface area contributed by atoms with Gasteiger partial charge in [-0.05, 0) is 36.1 Å². The van der Waals surface area contributed by atoms with Crippen LogP contribution in [-0.4, -0.2) is 28.5 Å². The minimum Gasteiger partial charge on any atom is -0.496 e. The maximum absolute atomic E-state index is 5.60. The molecule has 0 bridgehead atoms. The molecule has 2 heterocycles. The average molecular weight is 328 g/mol. The van der Waals surface area contributed by atoms with Gasteiger partial charge in [-0.15, -0.1) is 16.9 Å². The highest BCUT2D eigenvalue weighted by Crippen LogP contribution is 2.28. The van der Waals surface area contributed by atoms with E-state index in [9.17, 15) is 0 Å². The molecule has 0 saturated carbocycles. The van der Waals surface area contributed by atoms with Gasteiger partial charge in [0.05, 0.1) is 7.11 Å². The largest absolute Gasteiger partial charge is 0.496 e. The smallest absolute Gasteiger partial charge is 0.316 e. The van der Waals surface area contributed by atoms with E-state index in [2.05, 4.69) is 20.5 Å². The summed E-state index contributed by atoms with van der Waals surface area (Å²) in [5, 5.41) is 11.1. The van der Waals surface area contributed by atoms with Crippen LogP contribution in [0.3, 0.4) is 0 Å². The minimum absolute atomic E-state index is 0.379. The van der Waals surface area contributed by atoms with Gasteiger partial charge in [-0.1, -0.05) is 11.2 Å². The molecule has 0 spiro atoms. The normalized spacial score (nSPS) is 10.5. The van der Waals surface area contributed by atoms with Crippen molar-refractivity contribution in [2.75, 3.05) is 18.7 Å². The molecule has 0 saturated heterocycles. The van der Waals surface area contributed by atoms with E-state index in [-0.39, 0.29) is 0 Å². The van der Waals surface area contributed by atoms with Crippen molar-refractivity contribution in [2.45, 2.75) is 11.4 Å². The van der Waals surface area contributed by atoms with Crippen LogP contribution in [0.5, 0.6) is 5.75 Å². The summed E-state index contributed by atoms with van der Waals surface area (Å²) in [4.78, 5) is 5.07. The molecule has 0 amide bonds. The Hall–Kier alpha value is -2.54. The third-order valence-electron chi connectivity index (χ3n) is 3.24. The third-order valence-corrected chi connectivity index (χ3v) is 4.02. The number of nitrogens with one attached hydrogen (secondary N) is 1. The van der Waals surface area contributed by atoms with Crippen molar-refractivity contribution in [2.24, 2.45) is 0 Å². The van der Waals surface area contributed by atoms with E-state index in [1.165, 1.54) is 0 Å². The fourth-order valence-corrected chi connectivity index (χ4v) is 2.62. The first-order valence-electron chi connectivity index (χ1n) is 6.99. The summed E-state index contributed by atoms with van der Waals surface area (Å²) in [5.41, 5.74) is 1.91. The molecule has 6 nitrogen and oxygen atoms in total. The van der Waals surface area contributed by atoms with Gasteiger partial charge in [-0.25, -0.2) is 0 Å². The van der Waals surface area contributed by atoms with Gasteiger partial charge in [-0.3, -0.25) is 4.98 Å². The molecule has 3 rings (SSSR count). The van der Waals surface area contributed by atoms with E-state index in [0.717, 1.165) is 21.8 Å². The summed E-state index contributed by atoms with van der Waals surface area (Å²) < 4.78 is 11.0. The predicted molar refractivity (Wildman–Crippen MR) is 89.6 cm³/mol. The van der Waals surface area contributed by atoms with Crippen molar-refractivity contribution in [3.8, 4) is 17.2 Å². The molecule has 1 N–H and O–H groups in total. The molecular formula is C16H16N4O2S.